The Morgan fingerprint density at radius 3 is 2.72 bits per heavy atom. The Balaban J connectivity index is 1.92. The van der Waals surface area contributed by atoms with Crippen molar-refractivity contribution in [3.8, 4) is 0 Å². The molecule has 0 saturated heterocycles. The van der Waals surface area contributed by atoms with E-state index >= 15 is 0 Å². The molecule has 18 heavy (non-hydrogen) atoms. The van der Waals surface area contributed by atoms with Gasteiger partial charge < -0.3 is 9.84 Å². The number of hydrogen-bond donors (Lipinski definition) is 1. The Morgan fingerprint density at radius 1 is 1.39 bits per heavy atom. The maximum absolute atomic E-state index is 11.8. The van der Waals surface area contributed by atoms with Gasteiger partial charge in [0.2, 0.25) is 0 Å². The standard InChI is InChI=1S/C14H16N2O2/c1-10(8-12-6-4-3-5-7-12)15-14(17)13-9-11(2)18-16-13/h3-7,9-10H,8H2,1-2H3,(H,15,17). The molecule has 4 heteroatoms. The minimum Gasteiger partial charge on any atom is -0.361 e. The Labute approximate surface area is 106 Å². The third-order valence-electron chi connectivity index (χ3n) is 2.62. The number of rotatable bonds is 4. The molecule has 94 valence electrons. The molecule has 1 N–H and O–H groups in total. The molecule has 1 unspecified atom stereocenters. The quantitative estimate of drug-likeness (QED) is 0.898. The van der Waals surface area contributed by atoms with Crippen LogP contribution in [0.3, 0.4) is 0 Å². The predicted molar refractivity (Wildman–Crippen MR) is 68.3 cm³/mol. The highest BCUT2D eigenvalue weighted by Crippen LogP contribution is 2.05. The molecule has 2 rings (SSSR count). The molecule has 2 aromatic rings. The number of aromatic nitrogens is 1. The normalized spacial score (nSPS) is 12.1. The van der Waals surface area contributed by atoms with Gasteiger partial charge in [-0.2, -0.15) is 0 Å². The van der Waals surface area contributed by atoms with E-state index in [2.05, 4.69) is 10.5 Å². The van der Waals surface area contributed by atoms with Crippen LogP contribution >= 0.6 is 0 Å². The van der Waals surface area contributed by atoms with Gasteiger partial charge in [-0.15, -0.1) is 0 Å². The van der Waals surface area contributed by atoms with E-state index in [-0.39, 0.29) is 11.9 Å². The van der Waals surface area contributed by atoms with E-state index in [1.54, 1.807) is 13.0 Å². The minimum absolute atomic E-state index is 0.0527. The van der Waals surface area contributed by atoms with Gasteiger partial charge in [-0.05, 0) is 25.8 Å². The van der Waals surface area contributed by atoms with Crippen LogP contribution in [0.5, 0.6) is 0 Å². The first kappa shape index (κ1) is 12.4. The molecular weight excluding hydrogens is 228 g/mol. The van der Waals surface area contributed by atoms with Crippen LogP contribution in [0, 0.1) is 6.92 Å². The zero-order valence-electron chi connectivity index (χ0n) is 10.5. The minimum atomic E-state index is -0.199. The third kappa shape index (κ3) is 3.20. The Kier molecular flexibility index (Phi) is 3.77. The van der Waals surface area contributed by atoms with E-state index in [0.717, 1.165) is 6.42 Å². The fourth-order valence-electron chi connectivity index (χ4n) is 1.79. The lowest BCUT2D eigenvalue weighted by Gasteiger charge is -2.12. The predicted octanol–water partition coefficient (Wildman–Crippen LogP) is 2.34. The molecule has 0 bridgehead atoms. The van der Waals surface area contributed by atoms with Crippen molar-refractivity contribution in [3.05, 3.63) is 53.4 Å². The van der Waals surface area contributed by atoms with Crippen LogP contribution in [0.1, 0.15) is 28.7 Å². The lowest BCUT2D eigenvalue weighted by molar-refractivity contribution is 0.0931. The molecule has 4 nitrogen and oxygen atoms in total. The molecule has 0 fully saturated rings. The van der Waals surface area contributed by atoms with Gasteiger partial charge in [0.25, 0.3) is 5.91 Å². The summed E-state index contributed by atoms with van der Waals surface area (Å²) in [5, 5.41) is 6.59. The number of aryl methyl sites for hydroxylation is 1. The second kappa shape index (κ2) is 5.49. The highest BCUT2D eigenvalue weighted by molar-refractivity contribution is 5.92. The van der Waals surface area contributed by atoms with Crippen molar-refractivity contribution in [2.24, 2.45) is 0 Å². The van der Waals surface area contributed by atoms with Crippen molar-refractivity contribution >= 4 is 5.91 Å². The number of carbonyl (C=O) groups is 1. The highest BCUT2D eigenvalue weighted by Gasteiger charge is 2.13. The summed E-state index contributed by atoms with van der Waals surface area (Å²) in [7, 11) is 0. The number of nitrogens with zero attached hydrogens (tertiary/aromatic N) is 1. The smallest absolute Gasteiger partial charge is 0.273 e. The molecule has 0 saturated carbocycles. The molecule has 1 amide bonds. The van der Waals surface area contributed by atoms with E-state index in [1.165, 1.54) is 5.56 Å². The van der Waals surface area contributed by atoms with Gasteiger partial charge in [-0.3, -0.25) is 4.79 Å². The van der Waals surface area contributed by atoms with Crippen molar-refractivity contribution < 1.29 is 9.32 Å². The molecule has 1 atom stereocenters. The van der Waals surface area contributed by atoms with Crippen LogP contribution in [0.4, 0.5) is 0 Å². The summed E-state index contributed by atoms with van der Waals surface area (Å²) in [5.74, 6) is 0.436. The number of carbonyl (C=O) groups excluding carboxylic acids is 1. The van der Waals surface area contributed by atoms with Gasteiger partial charge >= 0.3 is 0 Å². The van der Waals surface area contributed by atoms with E-state index in [9.17, 15) is 4.79 Å². The summed E-state index contributed by atoms with van der Waals surface area (Å²) in [5.41, 5.74) is 1.52. The maximum atomic E-state index is 11.8. The van der Waals surface area contributed by atoms with Crippen LogP contribution < -0.4 is 5.32 Å². The fraction of sp³-hybridized carbons (Fsp3) is 0.286. The Morgan fingerprint density at radius 2 is 2.11 bits per heavy atom. The third-order valence-corrected chi connectivity index (χ3v) is 2.62. The molecule has 1 aromatic heterocycles. The number of benzene rings is 1. The van der Waals surface area contributed by atoms with E-state index in [1.807, 2.05) is 37.3 Å². The zero-order chi connectivity index (χ0) is 13.0. The van der Waals surface area contributed by atoms with Gasteiger partial charge in [0.15, 0.2) is 5.69 Å². The molecule has 0 spiro atoms. The SMILES string of the molecule is Cc1cc(C(=O)NC(C)Cc2ccccc2)no1. The second-order valence-electron chi connectivity index (χ2n) is 4.39. The lowest BCUT2D eigenvalue weighted by atomic mass is 10.1. The fourth-order valence-corrected chi connectivity index (χ4v) is 1.79. The van der Waals surface area contributed by atoms with Gasteiger partial charge in [0.05, 0.1) is 0 Å². The summed E-state index contributed by atoms with van der Waals surface area (Å²) >= 11 is 0. The average molecular weight is 244 g/mol. The molecule has 1 heterocycles. The first-order valence-corrected chi connectivity index (χ1v) is 5.93. The summed E-state index contributed by atoms with van der Waals surface area (Å²) in [6.45, 7) is 3.73. The summed E-state index contributed by atoms with van der Waals surface area (Å²) < 4.78 is 4.87. The van der Waals surface area contributed by atoms with E-state index in [0.29, 0.717) is 11.5 Å². The average Bonchev–Trinajstić information content (AvgIpc) is 2.77. The first-order chi connectivity index (χ1) is 8.65. The Bertz CT molecular complexity index is 520. The molecule has 0 aliphatic carbocycles. The summed E-state index contributed by atoms with van der Waals surface area (Å²) in [6, 6.07) is 11.7. The van der Waals surface area contributed by atoms with Crippen molar-refractivity contribution in [1.82, 2.24) is 10.5 Å². The summed E-state index contributed by atoms with van der Waals surface area (Å²) in [4.78, 5) is 11.8. The van der Waals surface area contributed by atoms with Crippen LogP contribution in [0.15, 0.2) is 40.9 Å². The molecule has 1 aromatic carbocycles. The monoisotopic (exact) mass is 244 g/mol. The van der Waals surface area contributed by atoms with E-state index in [4.69, 9.17) is 4.52 Å². The number of nitrogens with one attached hydrogen (secondary N) is 1. The van der Waals surface area contributed by atoms with Gasteiger partial charge in [0, 0.05) is 12.1 Å². The van der Waals surface area contributed by atoms with Gasteiger partial charge in [-0.1, -0.05) is 35.5 Å². The van der Waals surface area contributed by atoms with E-state index < -0.39 is 0 Å². The number of hydrogen-bond acceptors (Lipinski definition) is 3. The van der Waals surface area contributed by atoms with Crippen molar-refractivity contribution in [1.29, 1.82) is 0 Å². The molecular formula is C14H16N2O2. The van der Waals surface area contributed by atoms with Crippen LogP contribution in [-0.2, 0) is 6.42 Å². The molecule has 0 radical (unpaired) electrons. The van der Waals surface area contributed by atoms with Crippen molar-refractivity contribution in [2.75, 3.05) is 0 Å². The van der Waals surface area contributed by atoms with Crippen molar-refractivity contribution in [3.63, 3.8) is 0 Å². The van der Waals surface area contributed by atoms with Crippen LogP contribution in [0.2, 0.25) is 0 Å². The van der Waals surface area contributed by atoms with Crippen LogP contribution in [0.25, 0.3) is 0 Å². The number of amides is 1. The van der Waals surface area contributed by atoms with Gasteiger partial charge in [-0.25, -0.2) is 0 Å². The summed E-state index contributed by atoms with van der Waals surface area (Å²) in [6.07, 6.45) is 0.795. The molecule has 0 aliphatic heterocycles. The first-order valence-electron chi connectivity index (χ1n) is 5.93. The lowest BCUT2D eigenvalue weighted by Crippen LogP contribution is -2.34. The highest BCUT2D eigenvalue weighted by atomic mass is 16.5. The molecule has 0 aliphatic rings. The second-order valence-corrected chi connectivity index (χ2v) is 4.39. The van der Waals surface area contributed by atoms with Crippen LogP contribution in [-0.4, -0.2) is 17.1 Å². The maximum Gasteiger partial charge on any atom is 0.273 e. The van der Waals surface area contributed by atoms with Crippen molar-refractivity contribution in [2.45, 2.75) is 26.3 Å². The zero-order valence-corrected chi connectivity index (χ0v) is 10.5. The largest absolute Gasteiger partial charge is 0.361 e. The Hall–Kier alpha value is -2.10. The topological polar surface area (TPSA) is 55.1 Å². The van der Waals surface area contributed by atoms with Gasteiger partial charge in [0.1, 0.15) is 5.76 Å².